The maximum atomic E-state index is 12.7. The van der Waals surface area contributed by atoms with Gasteiger partial charge in [0.2, 0.25) is 0 Å². The minimum absolute atomic E-state index is 0.0482. The van der Waals surface area contributed by atoms with Crippen LogP contribution in [0.2, 0.25) is 0 Å². The Morgan fingerprint density at radius 1 is 1.16 bits per heavy atom. The second-order valence-electron chi connectivity index (χ2n) is 10.1. The lowest BCUT2D eigenvalue weighted by Gasteiger charge is -2.38. The third-order valence-corrected chi connectivity index (χ3v) is 6.38. The summed E-state index contributed by atoms with van der Waals surface area (Å²) in [7, 11) is 0. The lowest BCUT2D eigenvalue weighted by molar-refractivity contribution is 0.0111. The molecular formula is C25H39N3O4. The van der Waals surface area contributed by atoms with Gasteiger partial charge in [0.25, 0.3) is 5.91 Å². The SMILES string of the molecule is C[C@H](NC(=O)OC(C)(C)C)[C@H]1COCC[C@H]1NCC1CCN(C(=O)c2ccccc2)CC1. The number of carbonyl (C=O) groups excluding carboxylic acids is 2. The number of likely N-dealkylation sites (tertiary alicyclic amines) is 1. The zero-order valence-electron chi connectivity index (χ0n) is 19.9. The first-order chi connectivity index (χ1) is 15.2. The van der Waals surface area contributed by atoms with Gasteiger partial charge in [0.05, 0.1) is 6.61 Å². The van der Waals surface area contributed by atoms with E-state index in [1.807, 2.05) is 62.9 Å². The summed E-state index contributed by atoms with van der Waals surface area (Å²) in [4.78, 5) is 26.8. The van der Waals surface area contributed by atoms with Crippen LogP contribution in [0.1, 0.15) is 57.3 Å². The molecule has 2 amide bonds. The molecule has 0 spiro atoms. The predicted octanol–water partition coefficient (Wildman–Crippen LogP) is 3.45. The molecule has 2 fully saturated rings. The number of nitrogens with zero attached hydrogens (tertiary/aromatic N) is 1. The first-order valence-electron chi connectivity index (χ1n) is 11.9. The molecule has 1 aromatic carbocycles. The van der Waals surface area contributed by atoms with Crippen molar-refractivity contribution in [1.29, 1.82) is 0 Å². The number of ether oxygens (including phenoxy) is 2. The second-order valence-corrected chi connectivity index (χ2v) is 10.1. The fraction of sp³-hybridized carbons (Fsp3) is 0.680. The van der Waals surface area contributed by atoms with Crippen LogP contribution in [0.15, 0.2) is 30.3 Å². The van der Waals surface area contributed by atoms with Crippen LogP contribution in [-0.2, 0) is 9.47 Å². The van der Waals surface area contributed by atoms with Crippen LogP contribution in [0.5, 0.6) is 0 Å². The standard InChI is InChI=1S/C25H39N3O4/c1-18(27-24(30)32-25(2,3)4)21-17-31-15-12-22(21)26-16-19-10-13-28(14-11-19)23(29)20-8-6-5-7-9-20/h5-9,18-19,21-22,26H,10-17H2,1-4H3,(H,27,30)/t18-,21+,22+/m0/s1. The second kappa shape index (κ2) is 11.1. The summed E-state index contributed by atoms with van der Waals surface area (Å²) in [5, 5.41) is 6.73. The summed E-state index contributed by atoms with van der Waals surface area (Å²) < 4.78 is 11.1. The van der Waals surface area contributed by atoms with Crippen molar-refractivity contribution < 1.29 is 19.1 Å². The zero-order chi connectivity index (χ0) is 23.1. The van der Waals surface area contributed by atoms with E-state index in [1.54, 1.807) is 0 Å². The number of nitrogens with one attached hydrogen (secondary N) is 2. The minimum Gasteiger partial charge on any atom is -0.444 e. The van der Waals surface area contributed by atoms with Gasteiger partial charge in [0, 0.05) is 43.3 Å². The van der Waals surface area contributed by atoms with E-state index in [0.29, 0.717) is 12.5 Å². The van der Waals surface area contributed by atoms with Gasteiger partial charge in [-0.2, -0.15) is 0 Å². The summed E-state index contributed by atoms with van der Waals surface area (Å²) in [5.74, 6) is 0.868. The summed E-state index contributed by atoms with van der Waals surface area (Å²) in [6.45, 7) is 11.5. The van der Waals surface area contributed by atoms with Crippen LogP contribution in [0.4, 0.5) is 4.79 Å². The van der Waals surface area contributed by atoms with Crippen molar-refractivity contribution in [1.82, 2.24) is 15.5 Å². The van der Waals surface area contributed by atoms with E-state index in [2.05, 4.69) is 10.6 Å². The molecule has 0 aromatic heterocycles. The number of piperidine rings is 1. The van der Waals surface area contributed by atoms with E-state index >= 15 is 0 Å². The molecule has 2 saturated heterocycles. The Hall–Kier alpha value is -2.12. The van der Waals surface area contributed by atoms with Crippen molar-refractivity contribution in [3.05, 3.63) is 35.9 Å². The average molecular weight is 446 g/mol. The van der Waals surface area contributed by atoms with Crippen molar-refractivity contribution in [2.45, 2.75) is 64.6 Å². The Labute approximate surface area is 192 Å². The molecule has 3 atom stereocenters. The summed E-state index contributed by atoms with van der Waals surface area (Å²) >= 11 is 0. The lowest BCUT2D eigenvalue weighted by atomic mass is 9.88. The van der Waals surface area contributed by atoms with Gasteiger partial charge in [-0.1, -0.05) is 18.2 Å². The highest BCUT2D eigenvalue weighted by molar-refractivity contribution is 5.94. The Morgan fingerprint density at radius 2 is 1.84 bits per heavy atom. The number of hydrogen-bond donors (Lipinski definition) is 2. The van der Waals surface area contributed by atoms with Gasteiger partial charge < -0.3 is 25.0 Å². The van der Waals surface area contributed by atoms with Crippen molar-refractivity contribution in [3.63, 3.8) is 0 Å². The van der Waals surface area contributed by atoms with Gasteiger partial charge in [0.1, 0.15) is 5.60 Å². The number of carbonyl (C=O) groups is 2. The molecule has 3 rings (SSSR count). The number of alkyl carbamates (subject to hydrolysis) is 1. The first kappa shape index (κ1) is 24.5. The topological polar surface area (TPSA) is 79.9 Å². The smallest absolute Gasteiger partial charge is 0.407 e. The molecule has 2 heterocycles. The molecule has 7 nitrogen and oxygen atoms in total. The average Bonchev–Trinajstić information content (AvgIpc) is 2.77. The molecule has 0 aliphatic carbocycles. The van der Waals surface area contributed by atoms with E-state index in [9.17, 15) is 9.59 Å². The molecule has 2 N–H and O–H groups in total. The van der Waals surface area contributed by atoms with Gasteiger partial charge in [-0.25, -0.2) is 4.79 Å². The number of rotatable bonds is 6. The first-order valence-corrected chi connectivity index (χ1v) is 11.9. The van der Waals surface area contributed by atoms with E-state index in [0.717, 1.165) is 51.1 Å². The quantitative estimate of drug-likeness (QED) is 0.701. The summed E-state index contributed by atoms with van der Waals surface area (Å²) in [6.07, 6.45) is 2.55. The Kier molecular flexibility index (Phi) is 8.54. The van der Waals surface area contributed by atoms with Crippen molar-refractivity contribution in [2.75, 3.05) is 32.8 Å². The van der Waals surface area contributed by atoms with Gasteiger partial charge in [-0.05, 0) is 71.6 Å². The van der Waals surface area contributed by atoms with Crippen LogP contribution in [0, 0.1) is 11.8 Å². The highest BCUT2D eigenvalue weighted by Gasteiger charge is 2.33. The number of hydrogen-bond acceptors (Lipinski definition) is 5. The van der Waals surface area contributed by atoms with E-state index in [-0.39, 0.29) is 30.0 Å². The maximum Gasteiger partial charge on any atom is 0.407 e. The van der Waals surface area contributed by atoms with Gasteiger partial charge in [-0.15, -0.1) is 0 Å². The molecule has 0 bridgehead atoms. The molecular weight excluding hydrogens is 406 g/mol. The number of benzene rings is 1. The van der Waals surface area contributed by atoms with E-state index in [4.69, 9.17) is 9.47 Å². The molecule has 2 aliphatic rings. The summed E-state index contributed by atoms with van der Waals surface area (Å²) in [6, 6.07) is 9.76. The van der Waals surface area contributed by atoms with Crippen LogP contribution >= 0.6 is 0 Å². The fourth-order valence-electron chi connectivity index (χ4n) is 4.53. The fourth-order valence-corrected chi connectivity index (χ4v) is 4.53. The predicted molar refractivity (Wildman–Crippen MR) is 125 cm³/mol. The van der Waals surface area contributed by atoms with Crippen molar-refractivity contribution in [3.8, 4) is 0 Å². The zero-order valence-corrected chi connectivity index (χ0v) is 19.9. The monoisotopic (exact) mass is 445 g/mol. The largest absolute Gasteiger partial charge is 0.444 e. The van der Waals surface area contributed by atoms with Crippen molar-refractivity contribution >= 4 is 12.0 Å². The molecule has 0 radical (unpaired) electrons. The Morgan fingerprint density at radius 3 is 2.50 bits per heavy atom. The van der Waals surface area contributed by atoms with Gasteiger partial charge in [0.15, 0.2) is 0 Å². The van der Waals surface area contributed by atoms with E-state index < -0.39 is 5.60 Å². The Bertz CT molecular complexity index is 741. The molecule has 0 saturated carbocycles. The maximum absolute atomic E-state index is 12.7. The third kappa shape index (κ3) is 7.20. The highest BCUT2D eigenvalue weighted by Crippen LogP contribution is 2.22. The molecule has 7 heteroatoms. The number of amides is 2. The molecule has 32 heavy (non-hydrogen) atoms. The minimum atomic E-state index is -0.513. The van der Waals surface area contributed by atoms with Crippen LogP contribution in [-0.4, -0.2) is 67.4 Å². The molecule has 178 valence electrons. The van der Waals surface area contributed by atoms with Crippen LogP contribution in [0.25, 0.3) is 0 Å². The van der Waals surface area contributed by atoms with Crippen molar-refractivity contribution in [2.24, 2.45) is 11.8 Å². The van der Waals surface area contributed by atoms with Gasteiger partial charge >= 0.3 is 6.09 Å². The summed E-state index contributed by atoms with van der Waals surface area (Å²) in [5.41, 5.74) is 0.252. The molecule has 0 unspecified atom stereocenters. The third-order valence-electron chi connectivity index (χ3n) is 6.38. The molecule has 2 aliphatic heterocycles. The highest BCUT2D eigenvalue weighted by atomic mass is 16.6. The lowest BCUT2D eigenvalue weighted by Crippen LogP contribution is -2.54. The van der Waals surface area contributed by atoms with Crippen LogP contribution in [0.3, 0.4) is 0 Å². The normalized spacial score (nSPS) is 23.4. The van der Waals surface area contributed by atoms with Crippen LogP contribution < -0.4 is 10.6 Å². The Balaban J connectivity index is 1.45. The van der Waals surface area contributed by atoms with Gasteiger partial charge in [-0.3, -0.25) is 4.79 Å². The van der Waals surface area contributed by atoms with E-state index in [1.165, 1.54) is 0 Å². The molecule has 1 aromatic rings.